The van der Waals surface area contributed by atoms with Gasteiger partial charge in [0.05, 0.1) is 20.8 Å². The molecule has 0 amide bonds. The lowest BCUT2D eigenvalue weighted by molar-refractivity contribution is -0.149. The smallest absolute Gasteiger partial charge is 0.493 e. The fourth-order valence-corrected chi connectivity index (χ4v) is 3.85. The molecule has 7 nitrogen and oxygen atoms in total. The van der Waals surface area contributed by atoms with Crippen LogP contribution in [0.15, 0.2) is 18.2 Å². The third-order valence-electron chi connectivity index (χ3n) is 5.38. The molecule has 0 N–H and O–H groups in total. The number of carbonyl (C=O) groups excluding carboxylic acids is 1. The van der Waals surface area contributed by atoms with E-state index in [9.17, 15) is 4.79 Å². The maximum Gasteiger partial charge on any atom is 0.527 e. The van der Waals surface area contributed by atoms with Gasteiger partial charge in [0.1, 0.15) is 0 Å². The van der Waals surface area contributed by atoms with Gasteiger partial charge >= 0.3 is 6.16 Å². The van der Waals surface area contributed by atoms with Crippen LogP contribution >= 0.6 is 12.4 Å². The van der Waals surface area contributed by atoms with Gasteiger partial charge in [-0.2, -0.15) is 0 Å². The molecule has 1 saturated heterocycles. The van der Waals surface area contributed by atoms with Gasteiger partial charge in [-0.3, -0.25) is 4.90 Å². The number of hydrogen-bond donors (Lipinski definition) is 0. The highest BCUT2D eigenvalue weighted by molar-refractivity contribution is 5.85. The molecule has 1 saturated carbocycles. The van der Waals surface area contributed by atoms with Gasteiger partial charge in [-0.05, 0) is 30.5 Å². The molecule has 8 heteroatoms. The summed E-state index contributed by atoms with van der Waals surface area (Å²) in [4.78, 5) is 19.8. The van der Waals surface area contributed by atoms with Crippen molar-refractivity contribution in [1.82, 2.24) is 9.96 Å². The highest BCUT2D eigenvalue weighted by atomic mass is 35.5. The van der Waals surface area contributed by atoms with Crippen molar-refractivity contribution >= 4 is 18.6 Å². The van der Waals surface area contributed by atoms with E-state index in [1.54, 1.807) is 19.3 Å². The molecule has 158 valence electrons. The van der Waals surface area contributed by atoms with Crippen LogP contribution in [-0.4, -0.2) is 69.2 Å². The van der Waals surface area contributed by atoms with E-state index in [2.05, 4.69) is 4.90 Å². The van der Waals surface area contributed by atoms with E-state index in [1.807, 2.05) is 18.2 Å². The van der Waals surface area contributed by atoms with E-state index in [0.29, 0.717) is 17.9 Å². The number of hydroxylamine groups is 2. The Morgan fingerprint density at radius 2 is 1.71 bits per heavy atom. The first-order chi connectivity index (χ1) is 13.2. The molecule has 0 bridgehead atoms. The van der Waals surface area contributed by atoms with Gasteiger partial charge in [-0.1, -0.05) is 18.9 Å². The molecule has 3 rings (SSSR count). The third-order valence-corrected chi connectivity index (χ3v) is 5.38. The Hall–Kier alpha value is -1.70. The van der Waals surface area contributed by atoms with Crippen LogP contribution in [0.5, 0.6) is 11.5 Å². The number of nitrogens with zero attached hydrogens (tertiary/aromatic N) is 2. The normalized spacial score (nSPS) is 18.4. The van der Waals surface area contributed by atoms with E-state index in [1.165, 1.54) is 25.7 Å². The fourth-order valence-electron chi connectivity index (χ4n) is 3.85. The number of methoxy groups -OCH3 is 2. The number of piperazine rings is 1. The molecule has 1 aromatic rings. The Balaban J connectivity index is 0.00000280. The van der Waals surface area contributed by atoms with Gasteiger partial charge in [-0.15, -0.1) is 17.5 Å². The van der Waals surface area contributed by atoms with Crippen LogP contribution < -0.4 is 9.47 Å². The molecule has 0 radical (unpaired) electrons. The molecule has 0 aromatic heterocycles. The minimum Gasteiger partial charge on any atom is -0.493 e. The Morgan fingerprint density at radius 3 is 2.36 bits per heavy atom. The van der Waals surface area contributed by atoms with Crippen molar-refractivity contribution in [1.29, 1.82) is 0 Å². The lowest BCUT2D eigenvalue weighted by Crippen LogP contribution is -2.50. The number of carbonyl (C=O) groups is 1. The molecule has 1 heterocycles. The molecule has 0 spiro atoms. The molecule has 0 atom stereocenters. The molecule has 1 aliphatic heterocycles. The van der Waals surface area contributed by atoms with Crippen molar-refractivity contribution < 1.29 is 23.8 Å². The highest BCUT2D eigenvalue weighted by Gasteiger charge is 2.27. The standard InChI is InChI=1S/C20H30N2O5.ClH/c1-24-18-8-7-16(15-19(18)25-2)9-14-26-20(23)27-22-12-10-21(11-13-22)17-5-3-4-6-17;/h7-8,15,17H,3-6,9-14H2,1-2H3;1H. The van der Waals surface area contributed by atoms with Crippen molar-refractivity contribution in [2.75, 3.05) is 47.0 Å². The Kier molecular flexibility index (Phi) is 9.15. The second kappa shape index (κ2) is 11.3. The minimum absolute atomic E-state index is 0. The van der Waals surface area contributed by atoms with Crippen LogP contribution in [0.4, 0.5) is 4.79 Å². The van der Waals surface area contributed by atoms with Crippen molar-refractivity contribution in [3.63, 3.8) is 0 Å². The van der Waals surface area contributed by atoms with Crippen LogP contribution in [-0.2, 0) is 16.0 Å². The van der Waals surface area contributed by atoms with E-state index < -0.39 is 6.16 Å². The van der Waals surface area contributed by atoms with Gasteiger partial charge in [0.2, 0.25) is 0 Å². The molecule has 1 aromatic carbocycles. The molecule has 2 aliphatic rings. The number of hydrogen-bond acceptors (Lipinski definition) is 7. The largest absolute Gasteiger partial charge is 0.527 e. The summed E-state index contributed by atoms with van der Waals surface area (Å²) < 4.78 is 15.7. The van der Waals surface area contributed by atoms with E-state index in [-0.39, 0.29) is 19.0 Å². The van der Waals surface area contributed by atoms with E-state index in [4.69, 9.17) is 19.0 Å². The van der Waals surface area contributed by atoms with Gasteiger partial charge < -0.3 is 19.0 Å². The molecular formula is C20H31ClN2O5. The van der Waals surface area contributed by atoms with Gasteiger partial charge in [0.15, 0.2) is 11.5 Å². The highest BCUT2D eigenvalue weighted by Crippen LogP contribution is 2.27. The zero-order valence-electron chi connectivity index (χ0n) is 16.7. The molecule has 1 aliphatic carbocycles. The summed E-state index contributed by atoms with van der Waals surface area (Å²) in [5.41, 5.74) is 1.01. The lowest BCUT2D eigenvalue weighted by atomic mass is 10.1. The fraction of sp³-hybridized carbons (Fsp3) is 0.650. The van der Waals surface area contributed by atoms with Crippen LogP contribution in [0.25, 0.3) is 0 Å². The van der Waals surface area contributed by atoms with Crippen LogP contribution in [0.1, 0.15) is 31.2 Å². The summed E-state index contributed by atoms with van der Waals surface area (Å²) in [6.07, 6.45) is 5.25. The summed E-state index contributed by atoms with van der Waals surface area (Å²) in [5, 5.41) is 1.71. The maximum absolute atomic E-state index is 11.9. The zero-order valence-corrected chi connectivity index (χ0v) is 17.5. The van der Waals surface area contributed by atoms with Crippen molar-refractivity contribution in [2.24, 2.45) is 0 Å². The van der Waals surface area contributed by atoms with Crippen molar-refractivity contribution in [2.45, 2.75) is 38.1 Å². The predicted molar refractivity (Wildman–Crippen MR) is 108 cm³/mol. The van der Waals surface area contributed by atoms with Crippen molar-refractivity contribution in [3.8, 4) is 11.5 Å². The Morgan fingerprint density at radius 1 is 1.04 bits per heavy atom. The summed E-state index contributed by atoms with van der Waals surface area (Å²) >= 11 is 0. The average molecular weight is 415 g/mol. The van der Waals surface area contributed by atoms with Crippen LogP contribution in [0.2, 0.25) is 0 Å². The Bertz CT molecular complexity index is 617. The lowest BCUT2D eigenvalue weighted by Gasteiger charge is -2.36. The number of halogens is 1. The summed E-state index contributed by atoms with van der Waals surface area (Å²) in [5.74, 6) is 1.34. The average Bonchev–Trinajstić information content (AvgIpc) is 3.23. The zero-order chi connectivity index (χ0) is 19.1. The summed E-state index contributed by atoms with van der Waals surface area (Å²) in [7, 11) is 3.20. The molecule has 0 unspecified atom stereocenters. The second-order valence-electron chi connectivity index (χ2n) is 7.03. The molecule has 28 heavy (non-hydrogen) atoms. The monoisotopic (exact) mass is 414 g/mol. The second-order valence-corrected chi connectivity index (χ2v) is 7.03. The molecular weight excluding hydrogens is 384 g/mol. The van der Waals surface area contributed by atoms with Gasteiger partial charge in [0.25, 0.3) is 0 Å². The number of rotatable bonds is 7. The first-order valence-corrected chi connectivity index (χ1v) is 9.74. The maximum atomic E-state index is 11.9. The first-order valence-electron chi connectivity index (χ1n) is 9.74. The van der Waals surface area contributed by atoms with E-state index in [0.717, 1.165) is 37.8 Å². The van der Waals surface area contributed by atoms with Crippen molar-refractivity contribution in [3.05, 3.63) is 23.8 Å². The number of benzene rings is 1. The number of ether oxygens (including phenoxy) is 3. The van der Waals surface area contributed by atoms with Gasteiger partial charge in [0, 0.05) is 38.6 Å². The third kappa shape index (κ3) is 6.15. The van der Waals surface area contributed by atoms with Crippen LogP contribution in [0, 0.1) is 0 Å². The topological polar surface area (TPSA) is 60.5 Å². The first kappa shape index (κ1) is 22.6. The van der Waals surface area contributed by atoms with Crippen LogP contribution in [0.3, 0.4) is 0 Å². The van der Waals surface area contributed by atoms with Gasteiger partial charge in [-0.25, -0.2) is 4.79 Å². The molecule has 2 fully saturated rings. The summed E-state index contributed by atoms with van der Waals surface area (Å²) in [6.45, 7) is 3.63. The Labute approximate surface area is 173 Å². The SMILES string of the molecule is COc1ccc(CCOC(=O)ON2CCN(C3CCCC3)CC2)cc1OC.Cl. The quantitative estimate of drug-likeness (QED) is 0.634. The summed E-state index contributed by atoms with van der Waals surface area (Å²) in [6, 6.07) is 6.38. The minimum atomic E-state index is -0.634. The predicted octanol–water partition coefficient (Wildman–Crippen LogP) is 3.30. The van der Waals surface area contributed by atoms with E-state index >= 15 is 0 Å².